The number of rotatable bonds is 3. The molecule has 1 aliphatic heterocycles. The Morgan fingerprint density at radius 1 is 0.879 bits per heavy atom. The van der Waals surface area contributed by atoms with Crippen LogP contribution in [0.1, 0.15) is 67.6 Å². The van der Waals surface area contributed by atoms with Crippen molar-refractivity contribution in [3.8, 4) is 0 Å². The van der Waals surface area contributed by atoms with E-state index < -0.39 is 0 Å². The van der Waals surface area contributed by atoms with Crippen molar-refractivity contribution in [2.75, 3.05) is 9.80 Å². The maximum atomic E-state index is 13.7. The van der Waals surface area contributed by atoms with Gasteiger partial charge >= 0.3 is 0 Å². The molecule has 5 nitrogen and oxygen atoms in total. The fourth-order valence-corrected chi connectivity index (χ4v) is 5.59. The third-order valence-electron chi connectivity index (χ3n) is 7.27. The molecule has 1 aliphatic carbocycles. The van der Waals surface area contributed by atoms with E-state index in [4.69, 9.17) is 0 Å². The molecule has 0 atom stereocenters. The fourth-order valence-electron chi connectivity index (χ4n) is 5.59. The Kier molecular flexibility index (Phi) is 5.57. The van der Waals surface area contributed by atoms with Crippen molar-refractivity contribution in [1.82, 2.24) is 4.57 Å². The highest BCUT2D eigenvalue weighted by Crippen LogP contribution is 2.37. The molecule has 2 amide bonds. The first kappa shape index (κ1) is 21.5. The highest BCUT2D eigenvalue weighted by Gasteiger charge is 2.36. The van der Waals surface area contributed by atoms with Gasteiger partial charge in [0.1, 0.15) is 0 Å². The van der Waals surface area contributed by atoms with Crippen LogP contribution in [-0.2, 0) is 17.9 Å². The minimum atomic E-state index is -0.162. The summed E-state index contributed by atoms with van der Waals surface area (Å²) < 4.78 is 2.20. The molecule has 0 unspecified atom stereocenters. The van der Waals surface area contributed by atoms with Crippen molar-refractivity contribution in [2.24, 2.45) is 0 Å². The average Bonchev–Trinajstić information content (AvgIpc) is 3.18. The molecule has 170 valence electrons. The molecule has 1 saturated carbocycles. The Morgan fingerprint density at radius 3 is 2.33 bits per heavy atom. The van der Waals surface area contributed by atoms with E-state index in [9.17, 15) is 9.59 Å². The summed E-state index contributed by atoms with van der Waals surface area (Å²) in [6.45, 7) is 5.12. The van der Waals surface area contributed by atoms with Gasteiger partial charge in [0.2, 0.25) is 5.91 Å². The summed E-state index contributed by atoms with van der Waals surface area (Å²) in [5.41, 5.74) is 4.54. The highest BCUT2D eigenvalue weighted by atomic mass is 16.2. The summed E-state index contributed by atoms with van der Waals surface area (Å²) in [5, 5.41) is 0. The molecule has 0 spiro atoms. The van der Waals surface area contributed by atoms with Crippen molar-refractivity contribution >= 4 is 23.2 Å². The van der Waals surface area contributed by atoms with Crippen LogP contribution in [0.25, 0.3) is 0 Å². The summed E-state index contributed by atoms with van der Waals surface area (Å²) in [5.74, 6) is 0.0302. The molecular formula is C28H31N3O2. The smallest absolute Gasteiger partial charge is 0.258 e. The zero-order chi connectivity index (χ0) is 23.0. The Balaban J connectivity index is 1.46. The van der Waals surface area contributed by atoms with Crippen LogP contribution in [0.15, 0.2) is 66.9 Å². The van der Waals surface area contributed by atoms with Crippen molar-refractivity contribution < 1.29 is 9.59 Å². The van der Waals surface area contributed by atoms with Crippen LogP contribution in [0.2, 0.25) is 0 Å². The molecule has 0 bridgehead atoms. The number of hydrogen-bond donors (Lipinski definition) is 0. The van der Waals surface area contributed by atoms with E-state index in [-0.39, 0.29) is 17.4 Å². The largest absolute Gasteiger partial charge is 0.345 e. The predicted octanol–water partition coefficient (Wildman–Crippen LogP) is 5.77. The van der Waals surface area contributed by atoms with Gasteiger partial charge in [-0.3, -0.25) is 9.59 Å². The first-order valence-electron chi connectivity index (χ1n) is 11.9. The minimum absolute atomic E-state index is 0.0260. The van der Waals surface area contributed by atoms with E-state index in [1.165, 1.54) is 6.42 Å². The van der Waals surface area contributed by atoms with Gasteiger partial charge < -0.3 is 14.4 Å². The summed E-state index contributed by atoms with van der Waals surface area (Å²) in [6.07, 6.45) is 7.61. The van der Waals surface area contributed by atoms with Gasteiger partial charge in [-0.25, -0.2) is 0 Å². The first-order valence-corrected chi connectivity index (χ1v) is 11.9. The molecule has 1 aromatic heterocycles. The Bertz CT molecular complexity index is 1170. The zero-order valence-electron chi connectivity index (χ0n) is 19.5. The molecular weight excluding hydrogens is 410 g/mol. The summed E-state index contributed by atoms with van der Waals surface area (Å²) >= 11 is 0. The number of aromatic nitrogens is 1. The van der Waals surface area contributed by atoms with E-state index in [1.54, 1.807) is 6.92 Å². The molecule has 2 aliphatic rings. The van der Waals surface area contributed by atoms with Crippen molar-refractivity contribution in [3.05, 3.63) is 83.7 Å². The molecule has 0 saturated heterocycles. The number of anilines is 2. The van der Waals surface area contributed by atoms with E-state index >= 15 is 0 Å². The van der Waals surface area contributed by atoms with E-state index in [0.717, 1.165) is 54.9 Å². The molecule has 5 rings (SSSR count). The molecule has 2 aromatic carbocycles. The van der Waals surface area contributed by atoms with Crippen LogP contribution in [-0.4, -0.2) is 21.9 Å². The van der Waals surface area contributed by atoms with Crippen LogP contribution in [0.4, 0.5) is 11.4 Å². The number of benzene rings is 2. The van der Waals surface area contributed by atoms with Crippen molar-refractivity contribution in [2.45, 2.75) is 64.6 Å². The molecule has 3 aromatic rings. The van der Waals surface area contributed by atoms with Crippen LogP contribution in [0.5, 0.6) is 0 Å². The number of nitrogens with zero attached hydrogens (tertiary/aromatic N) is 3. The van der Waals surface area contributed by atoms with Crippen molar-refractivity contribution in [3.63, 3.8) is 0 Å². The predicted molar refractivity (Wildman–Crippen MR) is 132 cm³/mol. The topological polar surface area (TPSA) is 45.6 Å². The SMILES string of the molecule is CC(=O)N(c1ccc(C(=O)N2Cc3cccn3Cc3ccccc32)cc1)C1(C)CCCCC1. The maximum absolute atomic E-state index is 13.7. The van der Waals surface area contributed by atoms with Crippen LogP contribution >= 0.6 is 0 Å². The standard InChI is InChI=1S/C28H31N3O2/c1-21(32)31(28(2)16-6-3-7-17-28)24-14-12-22(13-15-24)27(33)30-20-25-10-8-18-29(25)19-23-9-4-5-11-26(23)30/h4-5,8-15,18H,3,6-7,16-17,19-20H2,1-2H3. The second kappa shape index (κ2) is 8.54. The van der Waals surface area contributed by atoms with Gasteiger partial charge in [-0.2, -0.15) is 0 Å². The van der Waals surface area contributed by atoms with Gasteiger partial charge in [0.25, 0.3) is 5.91 Å². The molecule has 33 heavy (non-hydrogen) atoms. The Labute approximate surface area is 195 Å². The number of amides is 2. The minimum Gasteiger partial charge on any atom is -0.345 e. The first-order chi connectivity index (χ1) is 16.0. The molecule has 2 heterocycles. The number of fused-ring (bicyclic) bond motifs is 2. The number of para-hydroxylation sites is 1. The lowest BCUT2D eigenvalue weighted by Crippen LogP contribution is -2.50. The van der Waals surface area contributed by atoms with Gasteiger partial charge in [0.05, 0.1) is 6.54 Å². The average molecular weight is 442 g/mol. The van der Waals surface area contributed by atoms with E-state index in [2.05, 4.69) is 29.8 Å². The Hall–Kier alpha value is -3.34. The molecule has 0 radical (unpaired) electrons. The second-order valence-corrected chi connectivity index (χ2v) is 9.61. The number of hydrogen-bond acceptors (Lipinski definition) is 2. The number of carbonyl (C=O) groups excluding carboxylic acids is 2. The molecule has 0 N–H and O–H groups in total. The molecule has 1 fully saturated rings. The third kappa shape index (κ3) is 3.97. The van der Waals surface area contributed by atoms with Gasteiger partial charge in [0, 0.05) is 47.8 Å². The normalized spacial score (nSPS) is 17.0. The lowest BCUT2D eigenvalue weighted by atomic mass is 9.81. The van der Waals surface area contributed by atoms with Crippen LogP contribution < -0.4 is 9.80 Å². The quantitative estimate of drug-likeness (QED) is 0.518. The van der Waals surface area contributed by atoms with Gasteiger partial charge in [0.15, 0.2) is 0 Å². The van der Waals surface area contributed by atoms with Gasteiger partial charge in [-0.1, -0.05) is 37.5 Å². The fraction of sp³-hybridized carbons (Fsp3) is 0.357. The molecule has 5 heteroatoms. The Morgan fingerprint density at radius 2 is 1.61 bits per heavy atom. The summed E-state index contributed by atoms with van der Waals surface area (Å²) in [4.78, 5) is 30.1. The zero-order valence-corrected chi connectivity index (χ0v) is 19.5. The van der Waals surface area contributed by atoms with E-state index in [0.29, 0.717) is 12.1 Å². The van der Waals surface area contributed by atoms with Gasteiger partial charge in [-0.05, 0) is 67.8 Å². The van der Waals surface area contributed by atoms with Crippen LogP contribution in [0, 0.1) is 0 Å². The monoisotopic (exact) mass is 441 g/mol. The highest BCUT2D eigenvalue weighted by molar-refractivity contribution is 6.07. The van der Waals surface area contributed by atoms with E-state index in [1.807, 2.05) is 58.3 Å². The second-order valence-electron chi connectivity index (χ2n) is 9.61. The third-order valence-corrected chi connectivity index (χ3v) is 7.27. The number of carbonyl (C=O) groups is 2. The lowest BCUT2D eigenvalue weighted by molar-refractivity contribution is -0.118. The summed E-state index contributed by atoms with van der Waals surface area (Å²) in [7, 11) is 0. The maximum Gasteiger partial charge on any atom is 0.258 e. The van der Waals surface area contributed by atoms with Crippen LogP contribution in [0.3, 0.4) is 0 Å². The lowest BCUT2D eigenvalue weighted by Gasteiger charge is -2.43. The van der Waals surface area contributed by atoms with Gasteiger partial charge in [-0.15, -0.1) is 0 Å². The van der Waals surface area contributed by atoms with Crippen molar-refractivity contribution in [1.29, 1.82) is 0 Å². The summed E-state index contributed by atoms with van der Waals surface area (Å²) in [6, 6.07) is 19.8.